The quantitative estimate of drug-likeness (QED) is 0.528. The molecule has 1 aliphatic heterocycles. The first-order valence-electron chi connectivity index (χ1n) is 9.06. The Hall–Kier alpha value is -2.56. The van der Waals surface area contributed by atoms with Crippen molar-refractivity contribution in [3.63, 3.8) is 0 Å². The highest BCUT2D eigenvalue weighted by Gasteiger charge is 2.24. The van der Waals surface area contributed by atoms with E-state index in [4.69, 9.17) is 16.6 Å². The van der Waals surface area contributed by atoms with E-state index in [0.717, 1.165) is 44.6 Å². The molecule has 1 amide bonds. The number of nitrogens with one attached hydrogen (secondary N) is 1. The van der Waals surface area contributed by atoms with E-state index in [1.807, 2.05) is 60.7 Å². The standard InChI is InChI=1S/C23H19ClN2OS/c1-15(27)25-17-8-6-7-16(13-17)21-14-23(18-9-2-3-10-19(18)24)28-22-12-5-4-11-20(22)26-21/h2-13,23H,14H2,1H3,(H,25,27)/t23-/m1/s1. The van der Waals surface area contributed by atoms with E-state index in [2.05, 4.69) is 17.4 Å². The number of hydrogen-bond donors (Lipinski definition) is 1. The SMILES string of the molecule is CC(=O)Nc1cccc(C2=Nc3ccccc3S[C@@H](c3ccccc3Cl)C2)c1. The minimum Gasteiger partial charge on any atom is -0.326 e. The van der Waals surface area contributed by atoms with Crippen LogP contribution in [0, 0.1) is 0 Å². The van der Waals surface area contributed by atoms with Crippen LogP contribution in [0.1, 0.15) is 29.7 Å². The molecule has 4 rings (SSSR count). The maximum Gasteiger partial charge on any atom is 0.221 e. The molecule has 3 aromatic rings. The normalized spacial score (nSPS) is 15.9. The number of hydrogen-bond acceptors (Lipinski definition) is 3. The number of anilines is 1. The third-order valence-electron chi connectivity index (χ3n) is 4.54. The summed E-state index contributed by atoms with van der Waals surface area (Å²) in [5.41, 5.74) is 4.82. The fourth-order valence-electron chi connectivity index (χ4n) is 3.28. The van der Waals surface area contributed by atoms with Crippen molar-refractivity contribution < 1.29 is 4.79 Å². The first-order valence-corrected chi connectivity index (χ1v) is 10.3. The van der Waals surface area contributed by atoms with E-state index in [0.29, 0.717) is 0 Å². The second-order valence-electron chi connectivity index (χ2n) is 6.62. The second-order valence-corrected chi connectivity index (χ2v) is 8.27. The highest BCUT2D eigenvalue weighted by Crippen LogP contribution is 2.47. The van der Waals surface area contributed by atoms with E-state index in [1.54, 1.807) is 11.8 Å². The summed E-state index contributed by atoms with van der Waals surface area (Å²) in [6.45, 7) is 1.51. The number of fused-ring (bicyclic) bond motifs is 1. The van der Waals surface area contributed by atoms with E-state index in [9.17, 15) is 4.79 Å². The Bertz CT molecular complexity index is 1060. The molecule has 140 valence electrons. The predicted octanol–water partition coefficient (Wildman–Crippen LogP) is 6.66. The van der Waals surface area contributed by atoms with Gasteiger partial charge in [-0.15, -0.1) is 11.8 Å². The number of benzene rings is 3. The van der Waals surface area contributed by atoms with E-state index in [-0.39, 0.29) is 11.2 Å². The number of aliphatic imine (C=N–C) groups is 1. The van der Waals surface area contributed by atoms with E-state index >= 15 is 0 Å². The molecular weight excluding hydrogens is 388 g/mol. The minimum absolute atomic E-state index is 0.0881. The molecule has 0 saturated carbocycles. The van der Waals surface area contributed by atoms with Crippen LogP contribution in [-0.2, 0) is 4.79 Å². The van der Waals surface area contributed by atoms with Crippen LogP contribution in [0.5, 0.6) is 0 Å². The van der Waals surface area contributed by atoms with Gasteiger partial charge >= 0.3 is 0 Å². The maximum atomic E-state index is 11.4. The molecule has 1 aliphatic rings. The van der Waals surface area contributed by atoms with Gasteiger partial charge in [0.05, 0.1) is 5.69 Å². The first kappa shape index (κ1) is 18.8. The van der Waals surface area contributed by atoms with Crippen molar-refractivity contribution in [1.82, 2.24) is 0 Å². The van der Waals surface area contributed by atoms with Gasteiger partial charge in [0.2, 0.25) is 5.91 Å². The monoisotopic (exact) mass is 406 g/mol. The number of halogens is 1. The third kappa shape index (κ3) is 4.13. The summed E-state index contributed by atoms with van der Waals surface area (Å²) >= 11 is 8.30. The van der Waals surface area contributed by atoms with Gasteiger partial charge in [0, 0.05) is 39.9 Å². The predicted molar refractivity (Wildman–Crippen MR) is 118 cm³/mol. The van der Waals surface area contributed by atoms with Crippen LogP contribution >= 0.6 is 23.4 Å². The Morgan fingerprint density at radius 3 is 2.68 bits per heavy atom. The number of carbonyl (C=O) groups is 1. The number of thioether (sulfide) groups is 1. The lowest BCUT2D eigenvalue weighted by Crippen LogP contribution is -2.09. The molecule has 5 heteroatoms. The van der Waals surface area contributed by atoms with Crippen LogP contribution in [0.25, 0.3) is 0 Å². The topological polar surface area (TPSA) is 41.5 Å². The molecule has 1 atom stereocenters. The molecular formula is C23H19ClN2OS. The van der Waals surface area contributed by atoms with E-state index < -0.39 is 0 Å². The van der Waals surface area contributed by atoms with Gasteiger partial charge in [0.1, 0.15) is 0 Å². The van der Waals surface area contributed by atoms with Gasteiger partial charge in [0.25, 0.3) is 0 Å². The number of rotatable bonds is 3. The third-order valence-corrected chi connectivity index (χ3v) is 6.19. The lowest BCUT2D eigenvalue weighted by Gasteiger charge is -2.17. The summed E-state index contributed by atoms with van der Waals surface area (Å²) in [7, 11) is 0. The van der Waals surface area contributed by atoms with Gasteiger partial charge in [0.15, 0.2) is 0 Å². The molecule has 0 aliphatic carbocycles. The first-order chi connectivity index (χ1) is 13.6. The van der Waals surface area contributed by atoms with Crippen molar-refractivity contribution in [2.45, 2.75) is 23.5 Å². The van der Waals surface area contributed by atoms with Crippen LogP contribution in [-0.4, -0.2) is 11.6 Å². The lowest BCUT2D eigenvalue weighted by molar-refractivity contribution is -0.114. The molecule has 1 N–H and O–H groups in total. The summed E-state index contributed by atoms with van der Waals surface area (Å²) < 4.78 is 0. The second kappa shape index (κ2) is 8.21. The Labute approximate surface area is 173 Å². The largest absolute Gasteiger partial charge is 0.326 e. The average molecular weight is 407 g/mol. The zero-order valence-corrected chi connectivity index (χ0v) is 16.9. The number of amides is 1. The van der Waals surface area contributed by atoms with Crippen LogP contribution < -0.4 is 5.32 Å². The van der Waals surface area contributed by atoms with Gasteiger partial charge < -0.3 is 5.32 Å². The summed E-state index contributed by atoms with van der Waals surface area (Å²) in [6.07, 6.45) is 0.743. The fourth-order valence-corrected chi connectivity index (χ4v) is 4.89. The van der Waals surface area contributed by atoms with Crippen LogP contribution in [0.2, 0.25) is 5.02 Å². The van der Waals surface area contributed by atoms with Crippen LogP contribution in [0.15, 0.2) is 82.7 Å². The van der Waals surface area contributed by atoms with Crippen molar-refractivity contribution in [3.05, 3.63) is 88.9 Å². The van der Waals surface area contributed by atoms with Gasteiger partial charge in [-0.3, -0.25) is 9.79 Å². The van der Waals surface area contributed by atoms with E-state index in [1.165, 1.54) is 6.92 Å². The van der Waals surface area contributed by atoms with Crippen LogP contribution in [0.3, 0.4) is 0 Å². The lowest BCUT2D eigenvalue weighted by atomic mass is 10.0. The Morgan fingerprint density at radius 2 is 1.86 bits per heavy atom. The molecule has 3 nitrogen and oxygen atoms in total. The summed E-state index contributed by atoms with van der Waals surface area (Å²) in [4.78, 5) is 17.5. The van der Waals surface area contributed by atoms with Crippen molar-refractivity contribution in [3.8, 4) is 0 Å². The fraction of sp³-hybridized carbons (Fsp3) is 0.130. The smallest absolute Gasteiger partial charge is 0.221 e. The maximum absolute atomic E-state index is 11.4. The van der Waals surface area contributed by atoms with Crippen molar-refractivity contribution >= 4 is 46.4 Å². The molecule has 28 heavy (non-hydrogen) atoms. The molecule has 1 heterocycles. The average Bonchev–Trinajstić information content (AvgIpc) is 2.88. The van der Waals surface area contributed by atoms with Crippen LogP contribution in [0.4, 0.5) is 11.4 Å². The van der Waals surface area contributed by atoms with Crippen molar-refractivity contribution in [2.24, 2.45) is 4.99 Å². The molecule has 0 aromatic heterocycles. The van der Waals surface area contributed by atoms with Crippen molar-refractivity contribution in [2.75, 3.05) is 5.32 Å². The Kier molecular flexibility index (Phi) is 5.51. The molecule has 0 unspecified atom stereocenters. The minimum atomic E-state index is -0.0881. The highest BCUT2D eigenvalue weighted by molar-refractivity contribution is 7.99. The number of carbonyl (C=O) groups excluding carboxylic acids is 1. The van der Waals surface area contributed by atoms with Gasteiger partial charge in [-0.25, -0.2) is 0 Å². The summed E-state index contributed by atoms with van der Waals surface area (Å²) in [6, 6.07) is 24.0. The van der Waals surface area contributed by atoms with Gasteiger partial charge in [-0.1, -0.05) is 54.1 Å². The molecule has 0 saturated heterocycles. The zero-order valence-electron chi connectivity index (χ0n) is 15.4. The molecule has 0 radical (unpaired) electrons. The Balaban J connectivity index is 1.78. The number of para-hydroxylation sites is 1. The number of nitrogens with zero attached hydrogens (tertiary/aromatic N) is 1. The summed E-state index contributed by atoms with van der Waals surface area (Å²) in [5, 5.41) is 3.77. The molecule has 3 aromatic carbocycles. The summed E-state index contributed by atoms with van der Waals surface area (Å²) in [5.74, 6) is -0.0881. The van der Waals surface area contributed by atoms with Gasteiger partial charge in [-0.2, -0.15) is 0 Å². The molecule has 0 spiro atoms. The molecule has 0 bridgehead atoms. The van der Waals surface area contributed by atoms with Gasteiger partial charge in [-0.05, 0) is 41.5 Å². The van der Waals surface area contributed by atoms with Crippen molar-refractivity contribution in [1.29, 1.82) is 0 Å². The zero-order chi connectivity index (χ0) is 19.5. The molecule has 0 fully saturated rings. The Morgan fingerprint density at radius 1 is 1.07 bits per heavy atom. The highest BCUT2D eigenvalue weighted by atomic mass is 35.5.